The fraction of sp³-hybridized carbons (Fsp3) is 0.533. The van der Waals surface area contributed by atoms with E-state index in [-0.39, 0.29) is 18.0 Å². The first kappa shape index (κ1) is 15.5. The van der Waals surface area contributed by atoms with Crippen molar-refractivity contribution >= 4 is 5.91 Å². The van der Waals surface area contributed by atoms with Crippen molar-refractivity contribution in [1.29, 1.82) is 0 Å². The number of carbonyl (C=O) groups excluding carboxylic acids is 1. The van der Waals surface area contributed by atoms with Gasteiger partial charge < -0.3 is 10.1 Å². The van der Waals surface area contributed by atoms with E-state index in [1.165, 1.54) is 0 Å². The molecule has 0 aliphatic heterocycles. The van der Waals surface area contributed by atoms with E-state index in [1.807, 2.05) is 52.0 Å². The molecule has 19 heavy (non-hydrogen) atoms. The van der Waals surface area contributed by atoms with E-state index >= 15 is 0 Å². The van der Waals surface area contributed by atoms with Crippen molar-refractivity contribution < 1.29 is 9.53 Å². The van der Waals surface area contributed by atoms with E-state index in [9.17, 15) is 4.79 Å². The first-order valence-electron chi connectivity index (χ1n) is 6.85. The van der Waals surface area contributed by atoms with Gasteiger partial charge in [0, 0.05) is 18.2 Å². The van der Waals surface area contributed by atoms with Crippen LogP contribution in [0.5, 0.6) is 5.75 Å². The molecule has 0 radical (unpaired) electrons. The Kier molecular flexibility index (Phi) is 6.36. The van der Waals surface area contributed by atoms with Gasteiger partial charge in [-0.15, -0.1) is 0 Å². The van der Waals surface area contributed by atoms with Crippen LogP contribution in [0.25, 0.3) is 0 Å². The van der Waals surface area contributed by atoms with Crippen LogP contribution in [0.1, 0.15) is 39.3 Å². The molecule has 1 amide bonds. The summed E-state index contributed by atoms with van der Waals surface area (Å²) in [6.45, 7) is 9.06. The van der Waals surface area contributed by atoms with Crippen molar-refractivity contribution in [2.24, 2.45) is 0 Å². The Morgan fingerprint density at radius 2 is 1.95 bits per heavy atom. The van der Waals surface area contributed by atoms with Gasteiger partial charge in [-0.1, -0.05) is 18.2 Å². The average molecular weight is 264 g/mol. The summed E-state index contributed by atoms with van der Waals surface area (Å²) < 4.78 is 5.61. The number of amides is 1. The van der Waals surface area contributed by atoms with Crippen LogP contribution in [0.3, 0.4) is 0 Å². The van der Waals surface area contributed by atoms with E-state index in [4.69, 9.17) is 4.74 Å². The lowest BCUT2D eigenvalue weighted by Crippen LogP contribution is -2.43. The maximum absolute atomic E-state index is 11.7. The second-order valence-electron chi connectivity index (χ2n) is 4.48. The molecule has 4 nitrogen and oxygen atoms in total. The van der Waals surface area contributed by atoms with Crippen molar-refractivity contribution in [1.82, 2.24) is 10.6 Å². The number of ether oxygens (including phenoxy) is 1. The van der Waals surface area contributed by atoms with E-state index in [0.717, 1.165) is 11.3 Å². The van der Waals surface area contributed by atoms with Gasteiger partial charge in [-0.2, -0.15) is 0 Å². The molecule has 0 spiro atoms. The van der Waals surface area contributed by atoms with E-state index in [0.29, 0.717) is 13.2 Å². The number of nitrogens with one attached hydrogen (secondary N) is 2. The monoisotopic (exact) mass is 264 g/mol. The minimum absolute atomic E-state index is 0.0169. The third-order valence-electron chi connectivity index (χ3n) is 2.93. The molecule has 2 atom stereocenters. The summed E-state index contributed by atoms with van der Waals surface area (Å²) in [5.41, 5.74) is 1.07. The summed E-state index contributed by atoms with van der Waals surface area (Å²) in [7, 11) is 0. The van der Waals surface area contributed by atoms with Gasteiger partial charge in [0.2, 0.25) is 5.91 Å². The second-order valence-corrected chi connectivity index (χ2v) is 4.48. The van der Waals surface area contributed by atoms with Gasteiger partial charge >= 0.3 is 0 Å². The molecule has 4 heteroatoms. The SMILES string of the molecule is CCNC(=O)C(C)NC(C)c1ccccc1OCC. The Morgan fingerprint density at radius 3 is 2.58 bits per heavy atom. The van der Waals surface area contributed by atoms with Crippen LogP contribution in [0, 0.1) is 0 Å². The lowest BCUT2D eigenvalue weighted by Gasteiger charge is -2.21. The van der Waals surface area contributed by atoms with Crippen LogP contribution in [-0.2, 0) is 4.79 Å². The number of para-hydroxylation sites is 1. The van der Waals surface area contributed by atoms with Gasteiger partial charge in [0.05, 0.1) is 12.6 Å². The Balaban J connectivity index is 2.72. The number of rotatable bonds is 7. The molecule has 2 unspecified atom stereocenters. The number of benzene rings is 1. The van der Waals surface area contributed by atoms with Crippen molar-refractivity contribution in [3.8, 4) is 5.75 Å². The third kappa shape index (κ3) is 4.56. The maximum Gasteiger partial charge on any atom is 0.236 e. The molecular formula is C15H24N2O2. The largest absolute Gasteiger partial charge is 0.494 e. The van der Waals surface area contributed by atoms with Gasteiger partial charge in [-0.3, -0.25) is 10.1 Å². The second kappa shape index (κ2) is 7.79. The number of hydrogen-bond acceptors (Lipinski definition) is 3. The van der Waals surface area contributed by atoms with Gasteiger partial charge in [0.1, 0.15) is 5.75 Å². The molecule has 1 aromatic carbocycles. The maximum atomic E-state index is 11.7. The summed E-state index contributed by atoms with van der Waals surface area (Å²) in [4.78, 5) is 11.7. The van der Waals surface area contributed by atoms with Gasteiger partial charge in [-0.25, -0.2) is 0 Å². The van der Waals surface area contributed by atoms with Crippen LogP contribution >= 0.6 is 0 Å². The molecular weight excluding hydrogens is 240 g/mol. The smallest absolute Gasteiger partial charge is 0.236 e. The summed E-state index contributed by atoms with van der Waals surface area (Å²) in [5.74, 6) is 0.886. The normalized spacial score (nSPS) is 13.7. The van der Waals surface area contributed by atoms with Crippen LogP contribution < -0.4 is 15.4 Å². The first-order valence-corrected chi connectivity index (χ1v) is 6.85. The summed E-state index contributed by atoms with van der Waals surface area (Å²) >= 11 is 0. The molecule has 0 aliphatic rings. The highest BCUT2D eigenvalue weighted by atomic mass is 16.5. The van der Waals surface area contributed by atoms with Gasteiger partial charge in [0.25, 0.3) is 0 Å². The zero-order valence-electron chi connectivity index (χ0n) is 12.2. The fourth-order valence-electron chi connectivity index (χ4n) is 1.99. The first-order chi connectivity index (χ1) is 9.10. The highest BCUT2D eigenvalue weighted by molar-refractivity contribution is 5.81. The zero-order chi connectivity index (χ0) is 14.3. The minimum atomic E-state index is -0.232. The van der Waals surface area contributed by atoms with Crippen LogP contribution in [0.4, 0.5) is 0 Å². The van der Waals surface area contributed by atoms with Crippen molar-refractivity contribution in [3.63, 3.8) is 0 Å². The molecule has 106 valence electrons. The summed E-state index contributed by atoms with van der Waals surface area (Å²) in [6, 6.07) is 7.73. The van der Waals surface area contributed by atoms with Crippen molar-refractivity contribution in [2.45, 2.75) is 39.8 Å². The third-order valence-corrected chi connectivity index (χ3v) is 2.93. The Labute approximate surface area is 115 Å². The minimum Gasteiger partial charge on any atom is -0.494 e. The van der Waals surface area contributed by atoms with Crippen LogP contribution in [0.2, 0.25) is 0 Å². The molecule has 0 heterocycles. The molecule has 0 aliphatic carbocycles. The standard InChI is InChI=1S/C15H24N2O2/c1-5-16-15(18)12(4)17-11(3)13-9-7-8-10-14(13)19-6-2/h7-12,17H,5-6H2,1-4H3,(H,16,18). The van der Waals surface area contributed by atoms with E-state index in [2.05, 4.69) is 10.6 Å². The quantitative estimate of drug-likeness (QED) is 0.794. The Bertz CT molecular complexity index is 407. The molecule has 0 saturated carbocycles. The van der Waals surface area contributed by atoms with Crippen molar-refractivity contribution in [2.75, 3.05) is 13.2 Å². The van der Waals surface area contributed by atoms with Gasteiger partial charge in [-0.05, 0) is 33.8 Å². The predicted molar refractivity (Wildman–Crippen MR) is 77.3 cm³/mol. The van der Waals surface area contributed by atoms with Crippen molar-refractivity contribution in [3.05, 3.63) is 29.8 Å². The molecule has 1 aromatic rings. The molecule has 2 N–H and O–H groups in total. The number of likely N-dealkylation sites (N-methyl/N-ethyl adjacent to an activating group) is 1. The highest BCUT2D eigenvalue weighted by Gasteiger charge is 2.17. The number of hydrogen-bond donors (Lipinski definition) is 2. The summed E-state index contributed by atoms with van der Waals surface area (Å²) in [5, 5.41) is 6.10. The Morgan fingerprint density at radius 1 is 1.26 bits per heavy atom. The lowest BCUT2D eigenvalue weighted by molar-refractivity contribution is -0.122. The molecule has 0 aromatic heterocycles. The van der Waals surface area contributed by atoms with Crippen LogP contribution in [0.15, 0.2) is 24.3 Å². The van der Waals surface area contributed by atoms with E-state index < -0.39 is 0 Å². The highest BCUT2D eigenvalue weighted by Crippen LogP contribution is 2.25. The van der Waals surface area contributed by atoms with Crippen LogP contribution in [-0.4, -0.2) is 25.1 Å². The molecule has 0 saturated heterocycles. The van der Waals surface area contributed by atoms with E-state index in [1.54, 1.807) is 0 Å². The predicted octanol–water partition coefficient (Wildman–Crippen LogP) is 2.26. The lowest BCUT2D eigenvalue weighted by atomic mass is 10.1. The number of carbonyl (C=O) groups is 1. The zero-order valence-corrected chi connectivity index (χ0v) is 12.2. The Hall–Kier alpha value is -1.55. The summed E-state index contributed by atoms with van der Waals surface area (Å²) in [6.07, 6.45) is 0. The topological polar surface area (TPSA) is 50.4 Å². The van der Waals surface area contributed by atoms with Gasteiger partial charge in [0.15, 0.2) is 0 Å². The average Bonchev–Trinajstić information content (AvgIpc) is 2.39. The molecule has 1 rings (SSSR count). The molecule has 0 fully saturated rings. The fourth-order valence-corrected chi connectivity index (χ4v) is 1.99. The molecule has 0 bridgehead atoms.